The van der Waals surface area contributed by atoms with Gasteiger partial charge in [0.2, 0.25) is 0 Å². The summed E-state index contributed by atoms with van der Waals surface area (Å²) < 4.78 is 6.63. The second-order valence-electron chi connectivity index (χ2n) is 7.11. The first-order valence-electron chi connectivity index (χ1n) is 8.01. The molecule has 0 amide bonds. The molecule has 2 aliphatic heterocycles. The summed E-state index contributed by atoms with van der Waals surface area (Å²) in [6.45, 7) is 1.63. The molecule has 0 aliphatic carbocycles. The van der Waals surface area contributed by atoms with E-state index >= 15 is 0 Å². The molecule has 118 valence electrons. The van der Waals surface area contributed by atoms with Crippen LogP contribution in [0.5, 0.6) is 0 Å². The van der Waals surface area contributed by atoms with Gasteiger partial charge in [-0.15, -0.1) is 0 Å². The third-order valence-corrected chi connectivity index (χ3v) is 5.65. The number of piperidine rings is 1. The van der Waals surface area contributed by atoms with Crippen LogP contribution in [-0.4, -0.2) is 48.5 Å². The number of rotatable bonds is 3. The standard InChI is InChI=1S/C18H24NO3/c1-12(20)17-15-10-9-14(19(15,2)3)11-16(17)22-18(21)13-7-5-4-6-8-13/h4-8,14-17H,9-11H2,1-3H3/q+1. The van der Waals surface area contributed by atoms with Crippen molar-refractivity contribution >= 4 is 11.8 Å². The fourth-order valence-corrected chi connectivity index (χ4v) is 4.38. The summed E-state index contributed by atoms with van der Waals surface area (Å²) >= 11 is 0. The van der Waals surface area contributed by atoms with Crippen molar-refractivity contribution in [3.05, 3.63) is 35.9 Å². The van der Waals surface area contributed by atoms with Crippen molar-refractivity contribution in [2.75, 3.05) is 14.1 Å². The van der Waals surface area contributed by atoms with Crippen molar-refractivity contribution in [1.82, 2.24) is 0 Å². The first-order valence-corrected chi connectivity index (χ1v) is 8.01. The highest BCUT2D eigenvalue weighted by atomic mass is 16.5. The van der Waals surface area contributed by atoms with E-state index in [2.05, 4.69) is 14.1 Å². The van der Waals surface area contributed by atoms with E-state index in [1.54, 1.807) is 19.1 Å². The predicted octanol–water partition coefficient (Wildman–Crippen LogP) is 2.43. The summed E-state index contributed by atoms with van der Waals surface area (Å²) in [7, 11) is 4.40. The Hall–Kier alpha value is -1.68. The van der Waals surface area contributed by atoms with Crippen LogP contribution in [0.4, 0.5) is 0 Å². The molecule has 2 heterocycles. The number of ketones is 1. The van der Waals surface area contributed by atoms with E-state index in [9.17, 15) is 9.59 Å². The van der Waals surface area contributed by atoms with Gasteiger partial charge in [0.05, 0.1) is 25.7 Å². The molecule has 2 saturated heterocycles. The van der Waals surface area contributed by atoms with Crippen molar-refractivity contribution < 1.29 is 18.8 Å². The Morgan fingerprint density at radius 1 is 1.14 bits per heavy atom. The lowest BCUT2D eigenvalue weighted by Crippen LogP contribution is -2.62. The van der Waals surface area contributed by atoms with Gasteiger partial charge in [-0.25, -0.2) is 4.79 Å². The van der Waals surface area contributed by atoms with Gasteiger partial charge < -0.3 is 9.22 Å². The maximum atomic E-state index is 12.3. The molecule has 0 radical (unpaired) electrons. The zero-order valence-electron chi connectivity index (χ0n) is 13.5. The Balaban J connectivity index is 1.81. The molecule has 4 nitrogen and oxygen atoms in total. The number of carbonyl (C=O) groups is 2. The van der Waals surface area contributed by atoms with Crippen LogP contribution in [0.1, 0.15) is 36.5 Å². The molecule has 4 atom stereocenters. The maximum absolute atomic E-state index is 12.3. The molecule has 3 rings (SSSR count). The van der Waals surface area contributed by atoms with Gasteiger partial charge in [0.1, 0.15) is 23.8 Å². The third kappa shape index (κ3) is 2.45. The number of ether oxygens (including phenoxy) is 1. The number of benzene rings is 1. The van der Waals surface area contributed by atoms with Crippen molar-refractivity contribution in [2.24, 2.45) is 5.92 Å². The van der Waals surface area contributed by atoms with Crippen LogP contribution in [0.15, 0.2) is 30.3 Å². The second kappa shape index (κ2) is 5.51. The number of hydrogen-bond donors (Lipinski definition) is 0. The third-order valence-electron chi connectivity index (χ3n) is 5.65. The minimum absolute atomic E-state index is 0.141. The first kappa shape index (κ1) is 15.2. The van der Waals surface area contributed by atoms with E-state index in [4.69, 9.17) is 4.74 Å². The summed E-state index contributed by atoms with van der Waals surface area (Å²) in [6, 6.07) is 9.77. The van der Waals surface area contributed by atoms with E-state index in [1.807, 2.05) is 18.2 Å². The topological polar surface area (TPSA) is 43.4 Å². The summed E-state index contributed by atoms with van der Waals surface area (Å²) in [5.41, 5.74) is 0.552. The number of Topliss-reactive ketones (excluding diaryl/α,β-unsaturated/α-hetero) is 1. The van der Waals surface area contributed by atoms with Crippen LogP contribution < -0.4 is 0 Å². The molecular formula is C18H24NO3+. The summed E-state index contributed by atoms with van der Waals surface area (Å²) in [5, 5.41) is 0. The Morgan fingerprint density at radius 3 is 2.45 bits per heavy atom. The average Bonchev–Trinajstić information content (AvgIpc) is 2.66. The lowest BCUT2D eigenvalue weighted by atomic mass is 9.83. The van der Waals surface area contributed by atoms with Gasteiger partial charge in [0.25, 0.3) is 0 Å². The van der Waals surface area contributed by atoms with Crippen molar-refractivity contribution in [1.29, 1.82) is 0 Å². The molecule has 2 aliphatic rings. The summed E-state index contributed by atoms with van der Waals surface area (Å²) in [6.07, 6.45) is 2.66. The SMILES string of the molecule is CC(=O)C1C(OC(=O)c2ccccc2)CC2CCC1[N+]2(C)C. The molecule has 2 bridgehead atoms. The number of fused-ring (bicyclic) bond motifs is 2. The number of esters is 1. The molecule has 0 saturated carbocycles. The molecule has 0 N–H and O–H groups in total. The molecular weight excluding hydrogens is 278 g/mol. The monoisotopic (exact) mass is 302 g/mol. The first-order chi connectivity index (χ1) is 10.4. The predicted molar refractivity (Wildman–Crippen MR) is 83.4 cm³/mol. The van der Waals surface area contributed by atoms with Gasteiger partial charge in [-0.2, -0.15) is 0 Å². The molecule has 0 spiro atoms. The largest absolute Gasteiger partial charge is 0.458 e. The van der Waals surface area contributed by atoms with Gasteiger partial charge in [-0.1, -0.05) is 18.2 Å². The van der Waals surface area contributed by atoms with Crippen molar-refractivity contribution in [2.45, 2.75) is 44.4 Å². The van der Waals surface area contributed by atoms with Gasteiger partial charge in [0.15, 0.2) is 0 Å². The number of hydrogen-bond acceptors (Lipinski definition) is 3. The minimum Gasteiger partial charge on any atom is -0.458 e. The minimum atomic E-state index is -0.316. The quantitative estimate of drug-likeness (QED) is 0.636. The Bertz CT molecular complexity index is 581. The van der Waals surface area contributed by atoms with Crippen LogP contribution in [0.2, 0.25) is 0 Å². The number of nitrogens with zero attached hydrogens (tertiary/aromatic N) is 1. The zero-order valence-corrected chi connectivity index (χ0v) is 13.5. The van der Waals surface area contributed by atoms with Crippen LogP contribution >= 0.6 is 0 Å². The van der Waals surface area contributed by atoms with Crippen LogP contribution in [0.3, 0.4) is 0 Å². The van der Waals surface area contributed by atoms with E-state index in [1.165, 1.54) is 0 Å². The normalized spacial score (nSPS) is 32.5. The lowest BCUT2D eigenvalue weighted by Gasteiger charge is -2.47. The molecule has 2 fully saturated rings. The van der Waals surface area contributed by atoms with E-state index in [0.29, 0.717) is 11.6 Å². The fourth-order valence-electron chi connectivity index (χ4n) is 4.38. The highest BCUT2D eigenvalue weighted by Gasteiger charge is 2.57. The molecule has 4 heteroatoms. The van der Waals surface area contributed by atoms with Crippen molar-refractivity contribution in [3.63, 3.8) is 0 Å². The second-order valence-corrected chi connectivity index (χ2v) is 7.11. The average molecular weight is 302 g/mol. The summed E-state index contributed by atoms with van der Waals surface area (Å²) in [4.78, 5) is 24.5. The van der Waals surface area contributed by atoms with Gasteiger partial charge >= 0.3 is 5.97 Å². The van der Waals surface area contributed by atoms with Crippen LogP contribution in [0.25, 0.3) is 0 Å². The maximum Gasteiger partial charge on any atom is 0.338 e. The molecule has 0 aromatic heterocycles. The van der Waals surface area contributed by atoms with E-state index in [0.717, 1.165) is 23.7 Å². The number of quaternary nitrogens is 1. The highest BCUT2D eigenvalue weighted by molar-refractivity contribution is 5.90. The Labute approximate surface area is 131 Å². The smallest absolute Gasteiger partial charge is 0.338 e. The van der Waals surface area contributed by atoms with E-state index in [-0.39, 0.29) is 29.8 Å². The van der Waals surface area contributed by atoms with Gasteiger partial charge in [-0.3, -0.25) is 4.79 Å². The van der Waals surface area contributed by atoms with E-state index < -0.39 is 0 Å². The Morgan fingerprint density at radius 2 is 1.82 bits per heavy atom. The Kier molecular flexibility index (Phi) is 3.81. The fraction of sp³-hybridized carbons (Fsp3) is 0.556. The molecule has 22 heavy (non-hydrogen) atoms. The molecule has 4 unspecified atom stereocenters. The number of carbonyl (C=O) groups excluding carboxylic acids is 2. The van der Waals surface area contributed by atoms with Crippen molar-refractivity contribution in [3.8, 4) is 0 Å². The van der Waals surface area contributed by atoms with Crippen LogP contribution in [-0.2, 0) is 9.53 Å². The highest BCUT2D eigenvalue weighted by Crippen LogP contribution is 2.44. The molecule has 1 aromatic carbocycles. The lowest BCUT2D eigenvalue weighted by molar-refractivity contribution is -0.934. The molecule has 1 aromatic rings. The van der Waals surface area contributed by atoms with Gasteiger partial charge in [0, 0.05) is 19.3 Å². The van der Waals surface area contributed by atoms with Gasteiger partial charge in [-0.05, 0) is 19.1 Å². The zero-order chi connectivity index (χ0) is 15.9. The summed E-state index contributed by atoms with van der Waals surface area (Å²) in [5.74, 6) is -0.354. The van der Waals surface area contributed by atoms with Crippen LogP contribution in [0, 0.1) is 5.92 Å².